The highest BCUT2D eigenvalue weighted by molar-refractivity contribution is 5.84. The van der Waals surface area contributed by atoms with Crippen LogP contribution in [0.2, 0.25) is 0 Å². The lowest BCUT2D eigenvalue weighted by atomic mass is 10.0. The predicted octanol–water partition coefficient (Wildman–Crippen LogP) is -0.789. The average molecular weight is 271 g/mol. The van der Waals surface area contributed by atoms with Crippen LogP contribution in [0.15, 0.2) is 0 Å². The van der Waals surface area contributed by atoms with E-state index in [-0.39, 0.29) is 18.7 Å². The van der Waals surface area contributed by atoms with Crippen molar-refractivity contribution >= 4 is 17.8 Å². The molecule has 2 amide bonds. The Morgan fingerprint density at radius 1 is 1.37 bits per heavy atom. The normalized spacial score (nSPS) is 19.9. The van der Waals surface area contributed by atoms with Gasteiger partial charge in [0.15, 0.2) is 0 Å². The van der Waals surface area contributed by atoms with Gasteiger partial charge in [0, 0.05) is 12.8 Å². The molecular weight excluding hydrogens is 250 g/mol. The number of hydrogen-bond donors (Lipinski definition) is 4. The predicted molar refractivity (Wildman–Crippen MR) is 68.2 cm³/mol. The van der Waals surface area contributed by atoms with Gasteiger partial charge in [0.05, 0.1) is 0 Å². The number of aliphatic carboxylic acids is 1. The molecule has 1 aliphatic rings. The first-order valence-electron chi connectivity index (χ1n) is 6.50. The number of primary amides is 1. The van der Waals surface area contributed by atoms with Crippen LogP contribution in [-0.4, -0.2) is 42.0 Å². The third kappa shape index (κ3) is 6.19. The van der Waals surface area contributed by atoms with Gasteiger partial charge in [-0.3, -0.25) is 9.59 Å². The highest BCUT2D eigenvalue weighted by atomic mass is 16.4. The molecule has 1 fully saturated rings. The number of nitrogens with two attached hydrogens (primary N) is 1. The number of nitrogens with one attached hydrogen (secondary N) is 2. The summed E-state index contributed by atoms with van der Waals surface area (Å²) in [5, 5.41) is 14.6. The van der Waals surface area contributed by atoms with E-state index in [2.05, 4.69) is 10.6 Å². The largest absolute Gasteiger partial charge is 0.480 e. The lowest BCUT2D eigenvalue weighted by molar-refractivity contribution is -0.142. The Hall–Kier alpha value is -1.63. The Balaban J connectivity index is 2.29. The molecule has 0 aromatic rings. The van der Waals surface area contributed by atoms with E-state index in [0.717, 1.165) is 25.9 Å². The highest BCUT2D eigenvalue weighted by Crippen LogP contribution is 2.14. The van der Waals surface area contributed by atoms with Crippen molar-refractivity contribution in [2.75, 3.05) is 13.1 Å². The monoisotopic (exact) mass is 271 g/mol. The average Bonchev–Trinajstić information content (AvgIpc) is 2.84. The summed E-state index contributed by atoms with van der Waals surface area (Å²) in [4.78, 5) is 33.2. The van der Waals surface area contributed by atoms with Gasteiger partial charge < -0.3 is 21.5 Å². The molecule has 1 rings (SSSR count). The number of rotatable bonds is 8. The number of carbonyl (C=O) groups excluding carboxylic acids is 2. The van der Waals surface area contributed by atoms with Gasteiger partial charge in [-0.1, -0.05) is 0 Å². The first-order chi connectivity index (χ1) is 8.99. The quantitative estimate of drug-likeness (QED) is 0.461. The number of hydrogen-bond acceptors (Lipinski definition) is 4. The van der Waals surface area contributed by atoms with E-state index in [1.54, 1.807) is 0 Å². The first kappa shape index (κ1) is 15.4. The maximum absolute atomic E-state index is 11.6. The minimum absolute atomic E-state index is 0.0292. The number of carboxylic acid groups (broad SMARTS) is 1. The number of carbonyl (C=O) groups is 3. The fourth-order valence-electron chi connectivity index (χ4n) is 2.11. The van der Waals surface area contributed by atoms with E-state index in [1.165, 1.54) is 0 Å². The molecule has 1 unspecified atom stereocenters. The third-order valence-corrected chi connectivity index (χ3v) is 3.25. The summed E-state index contributed by atoms with van der Waals surface area (Å²) in [6, 6.07) is -1.04. The van der Waals surface area contributed by atoms with Gasteiger partial charge in [-0.25, -0.2) is 4.79 Å². The van der Waals surface area contributed by atoms with Crippen molar-refractivity contribution < 1.29 is 19.5 Å². The standard InChI is InChI=1S/C12H21N3O4/c13-10(16)3-2-9(12(18)19)15-11(17)4-1-8-5-6-14-7-8/h8-9,14H,1-7H2,(H2,13,16)(H,15,17)(H,18,19)/t8?,9-/m0/s1. The second-order valence-electron chi connectivity index (χ2n) is 4.86. The van der Waals surface area contributed by atoms with Gasteiger partial charge in [0.2, 0.25) is 11.8 Å². The van der Waals surface area contributed by atoms with E-state index >= 15 is 0 Å². The molecule has 1 saturated heterocycles. The van der Waals surface area contributed by atoms with Gasteiger partial charge in [-0.15, -0.1) is 0 Å². The molecule has 19 heavy (non-hydrogen) atoms. The number of carboxylic acids is 1. The van der Waals surface area contributed by atoms with Gasteiger partial charge in [0.25, 0.3) is 0 Å². The van der Waals surface area contributed by atoms with Gasteiger partial charge in [-0.05, 0) is 38.3 Å². The van der Waals surface area contributed by atoms with E-state index in [9.17, 15) is 14.4 Å². The summed E-state index contributed by atoms with van der Waals surface area (Å²) in [5.41, 5.74) is 4.96. The molecule has 108 valence electrons. The van der Waals surface area contributed by atoms with Crippen LogP contribution in [0.3, 0.4) is 0 Å². The van der Waals surface area contributed by atoms with Crippen molar-refractivity contribution in [3.63, 3.8) is 0 Å². The van der Waals surface area contributed by atoms with Crippen LogP contribution in [0.5, 0.6) is 0 Å². The fraction of sp³-hybridized carbons (Fsp3) is 0.750. The van der Waals surface area contributed by atoms with Gasteiger partial charge in [0.1, 0.15) is 6.04 Å². The van der Waals surface area contributed by atoms with Crippen molar-refractivity contribution in [2.45, 2.75) is 38.1 Å². The van der Waals surface area contributed by atoms with Crippen molar-refractivity contribution in [1.82, 2.24) is 10.6 Å². The molecule has 1 aliphatic heterocycles. The zero-order valence-electron chi connectivity index (χ0n) is 10.9. The molecule has 5 N–H and O–H groups in total. The van der Waals surface area contributed by atoms with Crippen molar-refractivity contribution in [2.24, 2.45) is 11.7 Å². The Kier molecular flexibility index (Phi) is 6.27. The summed E-state index contributed by atoms with van der Waals surface area (Å²) < 4.78 is 0. The summed E-state index contributed by atoms with van der Waals surface area (Å²) in [5.74, 6) is -1.52. The Morgan fingerprint density at radius 3 is 2.63 bits per heavy atom. The molecule has 2 atom stereocenters. The molecular formula is C12H21N3O4. The Bertz CT molecular complexity index is 340. The molecule has 7 nitrogen and oxygen atoms in total. The summed E-state index contributed by atoms with van der Waals surface area (Å²) in [6.45, 7) is 1.89. The fourth-order valence-corrected chi connectivity index (χ4v) is 2.11. The molecule has 0 aromatic heterocycles. The minimum atomic E-state index is -1.14. The highest BCUT2D eigenvalue weighted by Gasteiger charge is 2.21. The summed E-state index contributed by atoms with van der Waals surface area (Å²) in [6.07, 6.45) is 2.09. The van der Waals surface area contributed by atoms with Crippen LogP contribution in [0, 0.1) is 5.92 Å². The topological polar surface area (TPSA) is 122 Å². The lowest BCUT2D eigenvalue weighted by Gasteiger charge is -2.14. The van der Waals surface area contributed by atoms with Crippen LogP contribution in [0.4, 0.5) is 0 Å². The van der Waals surface area contributed by atoms with Gasteiger partial charge in [-0.2, -0.15) is 0 Å². The lowest BCUT2D eigenvalue weighted by Crippen LogP contribution is -2.41. The van der Waals surface area contributed by atoms with Gasteiger partial charge >= 0.3 is 5.97 Å². The van der Waals surface area contributed by atoms with E-state index in [0.29, 0.717) is 12.3 Å². The van der Waals surface area contributed by atoms with Crippen LogP contribution in [0.25, 0.3) is 0 Å². The number of amides is 2. The maximum Gasteiger partial charge on any atom is 0.326 e. The zero-order chi connectivity index (χ0) is 14.3. The zero-order valence-corrected chi connectivity index (χ0v) is 10.9. The molecule has 1 heterocycles. The van der Waals surface area contributed by atoms with Crippen LogP contribution in [-0.2, 0) is 14.4 Å². The van der Waals surface area contributed by atoms with Crippen LogP contribution < -0.4 is 16.4 Å². The van der Waals surface area contributed by atoms with E-state index < -0.39 is 17.9 Å². The summed E-state index contributed by atoms with van der Waals surface area (Å²) >= 11 is 0. The van der Waals surface area contributed by atoms with E-state index in [4.69, 9.17) is 10.8 Å². The van der Waals surface area contributed by atoms with Crippen molar-refractivity contribution in [3.05, 3.63) is 0 Å². The Labute approximate surface area is 111 Å². The van der Waals surface area contributed by atoms with Crippen molar-refractivity contribution in [1.29, 1.82) is 0 Å². The minimum Gasteiger partial charge on any atom is -0.480 e. The SMILES string of the molecule is NC(=O)CC[C@H](NC(=O)CCC1CCNC1)C(=O)O. The molecule has 7 heteroatoms. The second kappa shape index (κ2) is 7.73. The third-order valence-electron chi connectivity index (χ3n) is 3.25. The molecule has 0 radical (unpaired) electrons. The molecule has 0 saturated carbocycles. The molecule has 0 spiro atoms. The maximum atomic E-state index is 11.6. The smallest absolute Gasteiger partial charge is 0.326 e. The summed E-state index contributed by atoms with van der Waals surface area (Å²) in [7, 11) is 0. The molecule has 0 aromatic carbocycles. The van der Waals surface area contributed by atoms with Crippen molar-refractivity contribution in [3.8, 4) is 0 Å². The Morgan fingerprint density at radius 2 is 2.11 bits per heavy atom. The molecule has 0 bridgehead atoms. The first-order valence-corrected chi connectivity index (χ1v) is 6.50. The van der Waals surface area contributed by atoms with Crippen LogP contribution in [0.1, 0.15) is 32.1 Å². The second-order valence-corrected chi connectivity index (χ2v) is 4.86. The molecule has 0 aliphatic carbocycles. The van der Waals surface area contributed by atoms with Crippen LogP contribution >= 0.6 is 0 Å². The van der Waals surface area contributed by atoms with E-state index in [1.807, 2.05) is 0 Å².